The Morgan fingerprint density at radius 1 is 1.35 bits per heavy atom. The number of thioether (sulfide) groups is 1. The van der Waals surface area contributed by atoms with Gasteiger partial charge in [0.2, 0.25) is 0 Å². The molecule has 0 radical (unpaired) electrons. The predicted molar refractivity (Wildman–Crippen MR) is 65.8 cm³/mol. The minimum absolute atomic E-state index is 0.00568. The van der Waals surface area contributed by atoms with E-state index in [1.165, 1.54) is 0 Å². The molecule has 1 N–H and O–H groups in total. The molecule has 0 unspecified atom stereocenters. The fourth-order valence-electron chi connectivity index (χ4n) is 1.39. The summed E-state index contributed by atoms with van der Waals surface area (Å²) in [5.41, 5.74) is -0.000662. The van der Waals surface area contributed by atoms with Crippen molar-refractivity contribution in [3.63, 3.8) is 0 Å². The van der Waals surface area contributed by atoms with Crippen molar-refractivity contribution in [2.24, 2.45) is 0 Å². The molecule has 0 aliphatic carbocycles. The number of nitrogens with zero attached hydrogens (tertiary/aromatic N) is 1. The highest BCUT2D eigenvalue weighted by atomic mass is 32.2. The van der Waals surface area contributed by atoms with Crippen LogP contribution in [0.3, 0.4) is 0 Å². The third kappa shape index (κ3) is 4.33. The van der Waals surface area contributed by atoms with Crippen LogP contribution in [0.2, 0.25) is 0 Å². The second-order valence-electron chi connectivity index (χ2n) is 3.55. The highest BCUT2D eigenvalue weighted by Gasteiger charge is 2.10. The molecule has 17 heavy (non-hydrogen) atoms. The Bertz CT molecular complexity index is 392. The van der Waals surface area contributed by atoms with Gasteiger partial charge in [0.05, 0.1) is 11.6 Å². The molecule has 2 nitrogen and oxygen atoms in total. The number of nitrogens with one attached hydrogen (secondary N) is 1. The summed E-state index contributed by atoms with van der Waals surface area (Å²) in [4.78, 5) is 0. The summed E-state index contributed by atoms with van der Waals surface area (Å²) in [5, 5.41) is 11.5. The molecule has 0 heterocycles. The van der Waals surface area contributed by atoms with E-state index in [2.05, 4.69) is 5.32 Å². The van der Waals surface area contributed by atoms with E-state index in [1.54, 1.807) is 17.8 Å². The monoisotopic (exact) mass is 256 g/mol. The van der Waals surface area contributed by atoms with Crippen LogP contribution in [0.5, 0.6) is 0 Å². The molecule has 92 valence electrons. The summed E-state index contributed by atoms with van der Waals surface area (Å²) in [6, 6.07) is 3.83. The molecule has 0 saturated carbocycles. The molecule has 1 rings (SSSR count). The summed E-state index contributed by atoms with van der Waals surface area (Å²) in [5.74, 6) is -0.316. The number of rotatable bonds is 6. The van der Waals surface area contributed by atoms with Crippen LogP contribution < -0.4 is 5.32 Å². The van der Waals surface area contributed by atoms with E-state index in [-0.39, 0.29) is 17.7 Å². The largest absolute Gasteiger partial charge is 0.312 e. The highest BCUT2D eigenvalue weighted by Crippen LogP contribution is 2.14. The van der Waals surface area contributed by atoms with Crippen LogP contribution in [0.4, 0.5) is 8.78 Å². The Balaban J connectivity index is 2.57. The second-order valence-corrected chi connectivity index (χ2v) is 4.54. The zero-order valence-corrected chi connectivity index (χ0v) is 10.4. The Morgan fingerprint density at radius 2 is 2.00 bits per heavy atom. The van der Waals surface area contributed by atoms with Crippen LogP contribution in [0.25, 0.3) is 0 Å². The fraction of sp³-hybridized carbons (Fsp3) is 0.417. The van der Waals surface area contributed by atoms with Crippen molar-refractivity contribution in [2.45, 2.75) is 13.0 Å². The van der Waals surface area contributed by atoms with E-state index in [9.17, 15) is 8.78 Å². The van der Waals surface area contributed by atoms with Crippen LogP contribution in [0.1, 0.15) is 17.5 Å². The predicted octanol–water partition coefficient (Wildman–Crippen LogP) is 2.68. The maximum atomic E-state index is 13.4. The summed E-state index contributed by atoms with van der Waals surface area (Å²) in [6.45, 7) is 0.872. The summed E-state index contributed by atoms with van der Waals surface area (Å²) in [7, 11) is 0. The van der Waals surface area contributed by atoms with Crippen molar-refractivity contribution in [1.29, 1.82) is 5.26 Å². The van der Waals surface area contributed by atoms with E-state index in [4.69, 9.17) is 5.26 Å². The first-order valence-electron chi connectivity index (χ1n) is 5.26. The Hall–Kier alpha value is -1.12. The number of nitriles is 1. The van der Waals surface area contributed by atoms with Crippen LogP contribution in [0, 0.1) is 23.0 Å². The maximum Gasteiger partial charge on any atom is 0.131 e. The third-order valence-electron chi connectivity index (χ3n) is 2.27. The SMILES string of the molecule is CSCCCNCc1c(F)cc(C#N)cc1F. The van der Waals surface area contributed by atoms with E-state index in [0.717, 1.165) is 30.9 Å². The van der Waals surface area contributed by atoms with Crippen molar-refractivity contribution >= 4 is 11.8 Å². The number of hydrogen-bond acceptors (Lipinski definition) is 3. The molecule has 0 aromatic heterocycles. The average molecular weight is 256 g/mol. The molecule has 1 aromatic carbocycles. The van der Waals surface area contributed by atoms with Crippen molar-refractivity contribution in [1.82, 2.24) is 5.32 Å². The lowest BCUT2D eigenvalue weighted by atomic mass is 10.1. The summed E-state index contributed by atoms with van der Waals surface area (Å²) >= 11 is 1.73. The second kappa shape index (κ2) is 7.25. The maximum absolute atomic E-state index is 13.4. The number of hydrogen-bond donors (Lipinski definition) is 1. The highest BCUT2D eigenvalue weighted by molar-refractivity contribution is 7.98. The van der Waals surface area contributed by atoms with Gasteiger partial charge in [-0.15, -0.1) is 0 Å². The molecule has 0 atom stereocenters. The van der Waals surface area contributed by atoms with Gasteiger partial charge in [0.15, 0.2) is 0 Å². The molecule has 0 aliphatic rings. The smallest absolute Gasteiger partial charge is 0.131 e. The van der Waals surface area contributed by atoms with E-state index in [0.29, 0.717) is 0 Å². The molecular weight excluding hydrogens is 242 g/mol. The van der Waals surface area contributed by atoms with Gasteiger partial charge in [-0.05, 0) is 37.1 Å². The number of halogens is 2. The minimum atomic E-state index is -0.668. The molecule has 0 amide bonds. The van der Waals surface area contributed by atoms with Gasteiger partial charge >= 0.3 is 0 Å². The summed E-state index contributed by atoms with van der Waals surface area (Å²) in [6.07, 6.45) is 2.97. The van der Waals surface area contributed by atoms with E-state index in [1.807, 2.05) is 6.26 Å². The van der Waals surface area contributed by atoms with Crippen molar-refractivity contribution in [2.75, 3.05) is 18.6 Å². The van der Waals surface area contributed by atoms with Crippen LogP contribution in [0.15, 0.2) is 12.1 Å². The molecule has 0 aliphatic heterocycles. The third-order valence-corrected chi connectivity index (χ3v) is 2.97. The van der Waals surface area contributed by atoms with Crippen molar-refractivity contribution < 1.29 is 8.78 Å². The van der Waals surface area contributed by atoms with Gasteiger partial charge in [-0.2, -0.15) is 17.0 Å². The van der Waals surface area contributed by atoms with Crippen molar-refractivity contribution in [3.8, 4) is 6.07 Å². The Morgan fingerprint density at radius 3 is 2.53 bits per heavy atom. The first-order valence-corrected chi connectivity index (χ1v) is 6.66. The van der Waals surface area contributed by atoms with Gasteiger partial charge in [-0.25, -0.2) is 8.78 Å². The zero-order chi connectivity index (χ0) is 12.7. The van der Waals surface area contributed by atoms with Crippen LogP contribution in [-0.4, -0.2) is 18.6 Å². The Labute approximate surface area is 104 Å². The van der Waals surface area contributed by atoms with E-state index < -0.39 is 11.6 Å². The van der Waals surface area contributed by atoms with Gasteiger partial charge in [0, 0.05) is 12.1 Å². The molecular formula is C12H14F2N2S. The molecule has 5 heteroatoms. The normalized spacial score (nSPS) is 10.2. The van der Waals surface area contributed by atoms with Gasteiger partial charge in [0.1, 0.15) is 11.6 Å². The van der Waals surface area contributed by atoms with Crippen molar-refractivity contribution in [3.05, 3.63) is 34.9 Å². The van der Waals surface area contributed by atoms with Gasteiger partial charge in [-0.1, -0.05) is 0 Å². The lowest BCUT2D eigenvalue weighted by Gasteiger charge is -2.07. The standard InChI is InChI=1S/C12H14F2N2S/c1-17-4-2-3-16-8-10-11(13)5-9(7-15)6-12(10)14/h5-6,16H,2-4,8H2,1H3. The minimum Gasteiger partial charge on any atom is -0.312 e. The molecule has 0 fully saturated rings. The first kappa shape index (κ1) is 13.9. The lowest BCUT2D eigenvalue weighted by molar-refractivity contribution is 0.535. The molecule has 0 bridgehead atoms. The van der Waals surface area contributed by atoms with Crippen LogP contribution >= 0.6 is 11.8 Å². The van der Waals surface area contributed by atoms with Gasteiger partial charge in [-0.3, -0.25) is 0 Å². The molecule has 1 aromatic rings. The lowest BCUT2D eigenvalue weighted by Crippen LogP contribution is -2.17. The van der Waals surface area contributed by atoms with Gasteiger partial charge in [0.25, 0.3) is 0 Å². The molecule has 0 saturated heterocycles. The quantitative estimate of drug-likeness (QED) is 0.795. The molecule has 0 spiro atoms. The Kier molecular flexibility index (Phi) is 5.95. The topological polar surface area (TPSA) is 35.8 Å². The average Bonchev–Trinajstić information content (AvgIpc) is 2.31. The number of benzene rings is 1. The fourth-order valence-corrected chi connectivity index (χ4v) is 1.82. The summed E-state index contributed by atoms with van der Waals surface area (Å²) < 4.78 is 26.9. The first-order chi connectivity index (χ1) is 8.19. The van der Waals surface area contributed by atoms with E-state index >= 15 is 0 Å². The van der Waals surface area contributed by atoms with Gasteiger partial charge < -0.3 is 5.32 Å². The van der Waals surface area contributed by atoms with Crippen LogP contribution in [-0.2, 0) is 6.54 Å². The zero-order valence-electron chi connectivity index (χ0n) is 9.59.